The van der Waals surface area contributed by atoms with E-state index in [9.17, 15) is 13.2 Å². The molecule has 0 unspecified atom stereocenters. The minimum Gasteiger partial charge on any atom is -0.347 e. The van der Waals surface area contributed by atoms with Crippen molar-refractivity contribution in [2.75, 3.05) is 37.8 Å². The second-order valence-corrected chi connectivity index (χ2v) is 10.9. The number of sulfone groups is 1. The molecule has 0 aliphatic carbocycles. The number of amides is 1. The number of aromatic nitrogens is 2. The zero-order valence-electron chi connectivity index (χ0n) is 17.6. The first kappa shape index (κ1) is 20.7. The van der Waals surface area contributed by atoms with Gasteiger partial charge in [-0.2, -0.15) is 5.10 Å². The summed E-state index contributed by atoms with van der Waals surface area (Å²) in [6, 6.07) is 9.52. The lowest BCUT2D eigenvalue weighted by Crippen LogP contribution is -2.47. The summed E-state index contributed by atoms with van der Waals surface area (Å²) in [6.07, 6.45) is 1.80. The Morgan fingerprint density at radius 3 is 2.42 bits per heavy atom. The van der Waals surface area contributed by atoms with Crippen LogP contribution in [-0.2, 0) is 19.3 Å². The van der Waals surface area contributed by atoms with Crippen molar-refractivity contribution in [1.82, 2.24) is 14.7 Å². The first-order valence-corrected chi connectivity index (χ1v) is 12.6. The van der Waals surface area contributed by atoms with E-state index >= 15 is 0 Å². The van der Waals surface area contributed by atoms with Gasteiger partial charge in [0.1, 0.15) is 0 Å². The normalized spacial score (nSPS) is 24.7. The van der Waals surface area contributed by atoms with Crippen LogP contribution in [0.3, 0.4) is 0 Å². The Kier molecular flexibility index (Phi) is 5.15. The molecule has 3 aliphatic heterocycles. The molecule has 3 aliphatic rings. The summed E-state index contributed by atoms with van der Waals surface area (Å²) in [5.74, 6) is -0.466. The SMILES string of the molecule is Cc1ccc(-c2cc(C(=O)N3CCC4(CC3)OCCO4)nn2[C@H]2CCS(=O)(=O)C2)cc1. The first-order valence-electron chi connectivity index (χ1n) is 10.8. The van der Waals surface area contributed by atoms with Crippen molar-refractivity contribution in [3.8, 4) is 11.3 Å². The number of carbonyl (C=O) groups is 1. The van der Waals surface area contributed by atoms with E-state index in [1.807, 2.05) is 31.2 Å². The van der Waals surface area contributed by atoms with Crippen LogP contribution in [0.25, 0.3) is 11.3 Å². The third kappa shape index (κ3) is 4.02. The average molecular weight is 446 g/mol. The maximum atomic E-state index is 13.2. The zero-order chi connectivity index (χ0) is 21.6. The topological polar surface area (TPSA) is 90.7 Å². The summed E-state index contributed by atoms with van der Waals surface area (Å²) in [7, 11) is -3.08. The van der Waals surface area contributed by atoms with E-state index in [0.29, 0.717) is 51.3 Å². The van der Waals surface area contributed by atoms with E-state index in [1.165, 1.54) is 0 Å². The molecule has 166 valence electrons. The lowest BCUT2D eigenvalue weighted by Gasteiger charge is -2.37. The third-order valence-corrected chi connectivity index (χ3v) is 8.23. The molecule has 9 heteroatoms. The van der Waals surface area contributed by atoms with Crippen LogP contribution in [0.4, 0.5) is 0 Å². The molecule has 1 aromatic carbocycles. The van der Waals surface area contributed by atoms with E-state index in [2.05, 4.69) is 5.10 Å². The van der Waals surface area contributed by atoms with Crippen LogP contribution in [-0.4, -0.2) is 72.6 Å². The van der Waals surface area contributed by atoms with Gasteiger partial charge in [-0.05, 0) is 25.0 Å². The number of hydrogen-bond donors (Lipinski definition) is 0. The molecule has 1 atom stereocenters. The highest BCUT2D eigenvalue weighted by Crippen LogP contribution is 2.33. The van der Waals surface area contributed by atoms with Gasteiger partial charge in [-0.1, -0.05) is 29.8 Å². The third-order valence-electron chi connectivity index (χ3n) is 6.48. The number of likely N-dealkylation sites (tertiary alicyclic amines) is 1. The summed E-state index contributed by atoms with van der Waals surface area (Å²) in [4.78, 5) is 15.0. The highest BCUT2D eigenvalue weighted by molar-refractivity contribution is 7.91. The van der Waals surface area contributed by atoms with Gasteiger partial charge in [0, 0.05) is 25.9 Å². The Morgan fingerprint density at radius 2 is 1.81 bits per heavy atom. The van der Waals surface area contributed by atoms with Crippen LogP contribution in [0, 0.1) is 6.92 Å². The van der Waals surface area contributed by atoms with E-state index in [4.69, 9.17) is 9.47 Å². The molecule has 0 bridgehead atoms. The molecular formula is C22H27N3O5S. The Balaban J connectivity index is 1.43. The van der Waals surface area contributed by atoms with Crippen LogP contribution < -0.4 is 0 Å². The number of benzene rings is 1. The fraction of sp³-hybridized carbons (Fsp3) is 0.545. The molecule has 0 N–H and O–H groups in total. The van der Waals surface area contributed by atoms with Crippen molar-refractivity contribution in [1.29, 1.82) is 0 Å². The van der Waals surface area contributed by atoms with Gasteiger partial charge in [0.15, 0.2) is 21.3 Å². The molecular weight excluding hydrogens is 418 g/mol. The van der Waals surface area contributed by atoms with Crippen molar-refractivity contribution in [2.45, 2.75) is 38.0 Å². The van der Waals surface area contributed by atoms with Gasteiger partial charge >= 0.3 is 0 Å². The molecule has 0 radical (unpaired) electrons. The number of ether oxygens (including phenoxy) is 2. The van der Waals surface area contributed by atoms with Crippen LogP contribution in [0.15, 0.2) is 30.3 Å². The smallest absolute Gasteiger partial charge is 0.274 e. The van der Waals surface area contributed by atoms with Gasteiger partial charge in [-0.25, -0.2) is 8.42 Å². The molecule has 31 heavy (non-hydrogen) atoms. The van der Waals surface area contributed by atoms with Crippen molar-refractivity contribution in [2.24, 2.45) is 0 Å². The number of hydrogen-bond acceptors (Lipinski definition) is 6. The van der Waals surface area contributed by atoms with E-state index in [0.717, 1.165) is 16.8 Å². The lowest BCUT2D eigenvalue weighted by atomic mass is 10.0. The Hall–Kier alpha value is -2.23. The quantitative estimate of drug-likeness (QED) is 0.719. The number of nitrogens with zero attached hydrogens (tertiary/aromatic N) is 3. The van der Waals surface area contributed by atoms with Crippen molar-refractivity contribution >= 4 is 15.7 Å². The summed E-state index contributed by atoms with van der Waals surface area (Å²) in [5, 5.41) is 4.62. The summed E-state index contributed by atoms with van der Waals surface area (Å²) >= 11 is 0. The van der Waals surface area contributed by atoms with E-state index < -0.39 is 15.6 Å². The Labute approximate surface area is 182 Å². The van der Waals surface area contributed by atoms with E-state index in [1.54, 1.807) is 15.6 Å². The summed E-state index contributed by atoms with van der Waals surface area (Å²) in [5.41, 5.74) is 3.19. The van der Waals surface area contributed by atoms with Crippen LogP contribution in [0.1, 0.15) is 41.4 Å². The predicted molar refractivity (Wildman–Crippen MR) is 114 cm³/mol. The Morgan fingerprint density at radius 1 is 1.13 bits per heavy atom. The van der Waals surface area contributed by atoms with Crippen LogP contribution in [0.2, 0.25) is 0 Å². The minimum absolute atomic E-state index is 0.0576. The second kappa shape index (κ2) is 7.72. The van der Waals surface area contributed by atoms with E-state index in [-0.39, 0.29) is 23.5 Å². The molecule has 2 aromatic rings. The fourth-order valence-electron chi connectivity index (χ4n) is 4.68. The van der Waals surface area contributed by atoms with Gasteiger partial charge in [-0.3, -0.25) is 9.48 Å². The molecule has 5 rings (SSSR count). The number of aryl methyl sites for hydroxylation is 1. The number of rotatable bonds is 3. The van der Waals surface area contributed by atoms with Crippen LogP contribution >= 0.6 is 0 Å². The average Bonchev–Trinajstić information content (AvgIpc) is 3.47. The number of carbonyl (C=O) groups excluding carboxylic acids is 1. The highest BCUT2D eigenvalue weighted by atomic mass is 32.2. The van der Waals surface area contributed by atoms with Crippen molar-refractivity contribution < 1.29 is 22.7 Å². The molecule has 4 heterocycles. The summed E-state index contributed by atoms with van der Waals surface area (Å²) in [6.45, 7) is 4.30. The highest BCUT2D eigenvalue weighted by Gasteiger charge is 2.41. The van der Waals surface area contributed by atoms with Crippen molar-refractivity contribution in [3.05, 3.63) is 41.6 Å². The van der Waals surface area contributed by atoms with Gasteiger partial charge in [0.25, 0.3) is 5.91 Å². The zero-order valence-corrected chi connectivity index (χ0v) is 18.4. The van der Waals surface area contributed by atoms with Crippen LogP contribution in [0.5, 0.6) is 0 Å². The van der Waals surface area contributed by atoms with Gasteiger partial charge < -0.3 is 14.4 Å². The largest absolute Gasteiger partial charge is 0.347 e. The fourth-order valence-corrected chi connectivity index (χ4v) is 6.38. The minimum atomic E-state index is -3.08. The van der Waals surface area contributed by atoms with Gasteiger partial charge in [-0.15, -0.1) is 0 Å². The Bertz CT molecular complexity index is 1080. The molecule has 0 saturated carbocycles. The van der Waals surface area contributed by atoms with Gasteiger partial charge in [0.05, 0.1) is 36.5 Å². The van der Waals surface area contributed by atoms with Crippen molar-refractivity contribution in [3.63, 3.8) is 0 Å². The first-order chi connectivity index (χ1) is 14.8. The summed E-state index contributed by atoms with van der Waals surface area (Å²) < 4.78 is 37.4. The molecule has 1 aromatic heterocycles. The maximum absolute atomic E-state index is 13.2. The molecule has 1 amide bonds. The molecule has 3 fully saturated rings. The second-order valence-electron chi connectivity index (χ2n) is 8.68. The molecule has 3 saturated heterocycles. The molecule has 1 spiro atoms. The lowest BCUT2D eigenvalue weighted by molar-refractivity contribution is -0.181. The predicted octanol–water partition coefficient (Wildman–Crippen LogP) is 2.20. The number of piperidine rings is 1. The van der Waals surface area contributed by atoms with Gasteiger partial charge in [0.2, 0.25) is 0 Å². The maximum Gasteiger partial charge on any atom is 0.274 e. The standard InChI is InChI=1S/C22H27N3O5S/c1-16-2-4-17(5-3-16)20-14-19(23-25(20)18-6-13-31(27,28)15-18)21(26)24-9-7-22(8-10-24)29-11-12-30-22/h2-5,14,18H,6-13,15H2,1H3/t18-/m0/s1. The molecule has 8 nitrogen and oxygen atoms in total. The monoisotopic (exact) mass is 445 g/mol.